The molecule has 0 amide bonds. The fourth-order valence-corrected chi connectivity index (χ4v) is 2.64. The quantitative estimate of drug-likeness (QED) is 0.658. The van der Waals surface area contributed by atoms with Crippen molar-refractivity contribution in [3.8, 4) is 0 Å². The lowest BCUT2D eigenvalue weighted by Gasteiger charge is -2.20. The summed E-state index contributed by atoms with van der Waals surface area (Å²) in [4.78, 5) is 10.3. The van der Waals surface area contributed by atoms with Gasteiger partial charge >= 0.3 is 0 Å². The van der Waals surface area contributed by atoms with Crippen LogP contribution in [0.2, 0.25) is 0 Å². The summed E-state index contributed by atoms with van der Waals surface area (Å²) in [5.41, 5.74) is 5.75. The Bertz CT molecular complexity index is 553. The van der Waals surface area contributed by atoms with Gasteiger partial charge in [-0.05, 0) is 37.3 Å². The second kappa shape index (κ2) is 4.53. The molecule has 6 heteroatoms. The van der Waals surface area contributed by atoms with Gasteiger partial charge in [-0.3, -0.25) is 15.1 Å². The first-order chi connectivity index (χ1) is 9.15. The molecule has 2 aliphatic rings. The minimum atomic E-state index is -0.508. The molecule has 0 spiro atoms. The Morgan fingerprint density at radius 2 is 2.11 bits per heavy atom. The van der Waals surface area contributed by atoms with E-state index in [1.165, 1.54) is 17.7 Å². The maximum absolute atomic E-state index is 13.8. The smallest absolute Gasteiger partial charge is 0.271 e. The maximum Gasteiger partial charge on any atom is 0.271 e. The number of nitro benzene ring substituents is 1. The first-order valence-electron chi connectivity index (χ1n) is 6.34. The van der Waals surface area contributed by atoms with Gasteiger partial charge in [-0.15, -0.1) is 0 Å². The largest absolute Gasteiger partial charge is 0.302 e. The number of anilines is 1. The topological polar surface area (TPSA) is 58.4 Å². The van der Waals surface area contributed by atoms with E-state index in [1.807, 2.05) is 0 Å². The van der Waals surface area contributed by atoms with Crippen LogP contribution < -0.4 is 10.4 Å². The van der Waals surface area contributed by atoms with Crippen molar-refractivity contribution >= 4 is 11.4 Å². The summed E-state index contributed by atoms with van der Waals surface area (Å²) in [5.74, 6) is -0.446. The fraction of sp³-hybridized carbons (Fsp3) is 0.385. The Morgan fingerprint density at radius 3 is 2.84 bits per heavy atom. The van der Waals surface area contributed by atoms with Crippen LogP contribution in [0.15, 0.2) is 29.5 Å². The molecule has 100 valence electrons. The summed E-state index contributed by atoms with van der Waals surface area (Å²) in [5, 5.41) is 12.4. The number of halogens is 1. The molecule has 1 aliphatic carbocycles. The second-order valence-electron chi connectivity index (χ2n) is 4.88. The number of nitro groups is 1. The van der Waals surface area contributed by atoms with Crippen LogP contribution in [0, 0.1) is 15.9 Å². The van der Waals surface area contributed by atoms with Gasteiger partial charge in [0.05, 0.1) is 11.5 Å². The van der Waals surface area contributed by atoms with Crippen molar-refractivity contribution in [1.29, 1.82) is 0 Å². The lowest BCUT2D eigenvalue weighted by atomic mass is 9.98. The Balaban J connectivity index is 1.88. The highest BCUT2D eigenvalue weighted by Gasteiger charge is 2.26. The van der Waals surface area contributed by atoms with E-state index in [4.69, 9.17) is 0 Å². The molecule has 0 radical (unpaired) electrons. The van der Waals surface area contributed by atoms with Gasteiger partial charge in [0.25, 0.3) is 5.69 Å². The lowest BCUT2D eigenvalue weighted by Crippen LogP contribution is -2.32. The second-order valence-corrected chi connectivity index (χ2v) is 4.88. The van der Waals surface area contributed by atoms with Crippen LogP contribution >= 0.6 is 0 Å². The molecule has 1 aromatic carbocycles. The van der Waals surface area contributed by atoms with E-state index in [2.05, 4.69) is 5.43 Å². The Labute approximate surface area is 109 Å². The summed E-state index contributed by atoms with van der Waals surface area (Å²) in [7, 11) is 0. The Morgan fingerprint density at radius 1 is 1.32 bits per heavy atom. The van der Waals surface area contributed by atoms with Crippen LogP contribution in [0.1, 0.15) is 25.7 Å². The number of nitrogens with one attached hydrogen (secondary N) is 1. The molecule has 0 bridgehead atoms. The number of hydrazine groups is 1. The standard InChI is InChI=1S/C13H14FN3O2/c14-11-6-5-10(17(18)19)7-13(11)16-8-9-3-1-2-4-12(9)15-16/h5-7,15H,1-4,8H2. The molecular weight excluding hydrogens is 249 g/mol. The maximum atomic E-state index is 13.8. The normalized spacial score (nSPS) is 18.3. The molecule has 0 atom stereocenters. The molecular formula is C13H14FN3O2. The highest BCUT2D eigenvalue weighted by Crippen LogP contribution is 2.32. The molecule has 0 unspecified atom stereocenters. The Hall–Kier alpha value is -2.11. The van der Waals surface area contributed by atoms with E-state index in [0.717, 1.165) is 37.4 Å². The molecule has 3 rings (SSSR count). The molecule has 1 aliphatic heterocycles. The summed E-state index contributed by atoms with van der Waals surface area (Å²) in [6, 6.07) is 3.61. The molecule has 0 fully saturated rings. The van der Waals surface area contributed by atoms with Gasteiger partial charge in [-0.25, -0.2) is 4.39 Å². The molecule has 1 heterocycles. The van der Waals surface area contributed by atoms with E-state index in [0.29, 0.717) is 6.54 Å². The third-order valence-corrected chi connectivity index (χ3v) is 3.63. The molecule has 0 saturated carbocycles. The number of allylic oxidation sites excluding steroid dienone is 1. The monoisotopic (exact) mass is 263 g/mol. The van der Waals surface area contributed by atoms with Gasteiger partial charge in [0.15, 0.2) is 0 Å². The van der Waals surface area contributed by atoms with Crippen LogP contribution in [0.4, 0.5) is 15.8 Å². The summed E-state index contributed by atoms with van der Waals surface area (Å²) < 4.78 is 13.8. The molecule has 5 nitrogen and oxygen atoms in total. The molecule has 0 saturated heterocycles. The van der Waals surface area contributed by atoms with Crippen molar-refractivity contribution in [2.24, 2.45) is 0 Å². The molecule has 0 aromatic heterocycles. The average molecular weight is 263 g/mol. The number of benzene rings is 1. The lowest BCUT2D eigenvalue weighted by molar-refractivity contribution is -0.384. The van der Waals surface area contributed by atoms with Crippen LogP contribution in [0.3, 0.4) is 0 Å². The van der Waals surface area contributed by atoms with E-state index >= 15 is 0 Å². The third kappa shape index (κ3) is 2.14. The van der Waals surface area contributed by atoms with E-state index in [-0.39, 0.29) is 11.4 Å². The molecule has 19 heavy (non-hydrogen) atoms. The van der Waals surface area contributed by atoms with E-state index in [9.17, 15) is 14.5 Å². The van der Waals surface area contributed by atoms with Gasteiger partial charge in [-0.1, -0.05) is 0 Å². The van der Waals surface area contributed by atoms with Gasteiger partial charge in [0, 0.05) is 17.8 Å². The Kier molecular flexibility index (Phi) is 2.85. The minimum absolute atomic E-state index is 0.0944. The van der Waals surface area contributed by atoms with E-state index < -0.39 is 10.7 Å². The first kappa shape index (κ1) is 12.0. The van der Waals surface area contributed by atoms with Crippen molar-refractivity contribution in [2.75, 3.05) is 11.6 Å². The van der Waals surface area contributed by atoms with Crippen LogP contribution in [-0.4, -0.2) is 11.5 Å². The number of nitrogens with zero attached hydrogens (tertiary/aromatic N) is 2. The number of hydrogen-bond acceptors (Lipinski definition) is 4. The molecule has 1 N–H and O–H groups in total. The third-order valence-electron chi connectivity index (χ3n) is 3.63. The average Bonchev–Trinajstić information content (AvgIpc) is 2.82. The van der Waals surface area contributed by atoms with Crippen molar-refractivity contribution in [3.63, 3.8) is 0 Å². The number of rotatable bonds is 2. The zero-order chi connectivity index (χ0) is 13.4. The van der Waals surface area contributed by atoms with Gasteiger partial charge < -0.3 is 5.43 Å². The van der Waals surface area contributed by atoms with E-state index in [1.54, 1.807) is 5.01 Å². The highest BCUT2D eigenvalue weighted by atomic mass is 19.1. The summed E-state index contributed by atoms with van der Waals surface area (Å²) >= 11 is 0. The molecule has 1 aromatic rings. The van der Waals surface area contributed by atoms with Gasteiger partial charge in [-0.2, -0.15) is 0 Å². The van der Waals surface area contributed by atoms with Crippen molar-refractivity contribution in [3.05, 3.63) is 45.4 Å². The predicted octanol–water partition coefficient (Wildman–Crippen LogP) is 2.89. The first-order valence-corrected chi connectivity index (χ1v) is 6.34. The minimum Gasteiger partial charge on any atom is -0.302 e. The zero-order valence-corrected chi connectivity index (χ0v) is 10.4. The van der Waals surface area contributed by atoms with Crippen molar-refractivity contribution in [2.45, 2.75) is 25.7 Å². The van der Waals surface area contributed by atoms with Crippen molar-refractivity contribution in [1.82, 2.24) is 5.43 Å². The summed E-state index contributed by atoms with van der Waals surface area (Å²) in [6.45, 7) is 0.605. The fourth-order valence-electron chi connectivity index (χ4n) is 2.64. The van der Waals surface area contributed by atoms with Crippen LogP contribution in [0.25, 0.3) is 0 Å². The number of non-ortho nitro benzene ring substituents is 1. The van der Waals surface area contributed by atoms with Crippen molar-refractivity contribution < 1.29 is 9.31 Å². The van der Waals surface area contributed by atoms with Crippen LogP contribution in [0.5, 0.6) is 0 Å². The highest BCUT2D eigenvalue weighted by molar-refractivity contribution is 5.56. The zero-order valence-electron chi connectivity index (χ0n) is 10.4. The number of hydrogen-bond donors (Lipinski definition) is 1. The van der Waals surface area contributed by atoms with Gasteiger partial charge in [0.1, 0.15) is 11.5 Å². The van der Waals surface area contributed by atoms with Gasteiger partial charge in [0.2, 0.25) is 0 Å². The SMILES string of the molecule is O=[N+]([O-])c1ccc(F)c(N2CC3=C(CCCC3)N2)c1. The summed E-state index contributed by atoms with van der Waals surface area (Å²) in [6.07, 6.45) is 4.29. The van der Waals surface area contributed by atoms with Crippen LogP contribution in [-0.2, 0) is 0 Å². The predicted molar refractivity (Wildman–Crippen MR) is 69.0 cm³/mol.